The molecule has 2 heteroatoms. The van der Waals surface area contributed by atoms with Gasteiger partial charge in [-0.25, -0.2) is 0 Å². The molecule has 1 nitrogen and oxygen atoms in total. The van der Waals surface area contributed by atoms with Crippen LogP contribution in [0.2, 0.25) is 0 Å². The molecule has 1 saturated carbocycles. The maximum Gasteiger partial charge on any atom is 0.166 e. The number of benzene rings is 1. The van der Waals surface area contributed by atoms with Crippen molar-refractivity contribution in [1.29, 1.82) is 0 Å². The van der Waals surface area contributed by atoms with E-state index in [0.717, 1.165) is 27.6 Å². The maximum absolute atomic E-state index is 12.3. The Morgan fingerprint density at radius 3 is 2.38 bits per heavy atom. The third-order valence-corrected chi connectivity index (χ3v) is 4.46. The van der Waals surface area contributed by atoms with E-state index in [1.54, 1.807) is 0 Å². The molecule has 1 aromatic rings. The molecule has 86 valence electrons. The van der Waals surface area contributed by atoms with Crippen molar-refractivity contribution in [2.75, 3.05) is 0 Å². The Labute approximate surface area is 105 Å². The molecule has 0 aromatic heterocycles. The topological polar surface area (TPSA) is 17.1 Å². The minimum atomic E-state index is 0.213. The van der Waals surface area contributed by atoms with Crippen LogP contribution in [0.4, 0.5) is 0 Å². The van der Waals surface area contributed by atoms with Gasteiger partial charge in [-0.15, -0.1) is 0 Å². The molecule has 0 saturated heterocycles. The van der Waals surface area contributed by atoms with Gasteiger partial charge in [0.05, 0.1) is 0 Å². The minimum Gasteiger partial charge on any atom is -0.294 e. The van der Waals surface area contributed by atoms with Crippen molar-refractivity contribution in [3.05, 3.63) is 33.3 Å². The standard InChI is InChI=1S/C14H17BrO/c1-8-6-12(15)9(2)5-10(8)13(16)11-7-14(11,3)4/h5-6,11H,7H2,1-4H3. The van der Waals surface area contributed by atoms with E-state index in [2.05, 4.69) is 29.8 Å². The molecule has 0 spiro atoms. The lowest BCUT2D eigenvalue weighted by Gasteiger charge is -2.09. The van der Waals surface area contributed by atoms with Crippen LogP contribution >= 0.6 is 15.9 Å². The fourth-order valence-electron chi connectivity index (χ4n) is 2.15. The lowest BCUT2D eigenvalue weighted by atomic mass is 9.96. The summed E-state index contributed by atoms with van der Waals surface area (Å²) in [4.78, 5) is 12.3. The smallest absolute Gasteiger partial charge is 0.166 e. The van der Waals surface area contributed by atoms with Gasteiger partial charge >= 0.3 is 0 Å². The van der Waals surface area contributed by atoms with Crippen LogP contribution in [0.25, 0.3) is 0 Å². The summed E-state index contributed by atoms with van der Waals surface area (Å²) < 4.78 is 1.08. The van der Waals surface area contributed by atoms with Gasteiger partial charge in [-0.2, -0.15) is 0 Å². The van der Waals surface area contributed by atoms with Gasteiger partial charge in [0.1, 0.15) is 0 Å². The molecule has 0 radical (unpaired) electrons. The molecule has 1 fully saturated rings. The van der Waals surface area contributed by atoms with Crippen LogP contribution in [0.5, 0.6) is 0 Å². The van der Waals surface area contributed by atoms with Crippen LogP contribution in [0.15, 0.2) is 16.6 Å². The lowest BCUT2D eigenvalue weighted by Crippen LogP contribution is -2.08. The van der Waals surface area contributed by atoms with Crippen LogP contribution in [-0.4, -0.2) is 5.78 Å². The second-order valence-corrected chi connectivity index (χ2v) is 6.38. The van der Waals surface area contributed by atoms with Gasteiger partial charge in [0, 0.05) is 16.0 Å². The molecule has 0 N–H and O–H groups in total. The molecular weight excluding hydrogens is 264 g/mol. The molecule has 1 aliphatic rings. The van der Waals surface area contributed by atoms with Crippen LogP contribution in [-0.2, 0) is 0 Å². The van der Waals surface area contributed by atoms with Crippen LogP contribution < -0.4 is 0 Å². The second kappa shape index (κ2) is 3.69. The molecular formula is C14H17BrO. The minimum absolute atomic E-state index is 0.213. The zero-order valence-corrected chi connectivity index (χ0v) is 11.8. The summed E-state index contributed by atoms with van der Waals surface area (Å²) in [7, 11) is 0. The van der Waals surface area contributed by atoms with Crippen molar-refractivity contribution >= 4 is 21.7 Å². The molecule has 0 heterocycles. The zero-order valence-electron chi connectivity index (χ0n) is 10.2. The zero-order chi connectivity index (χ0) is 12.1. The first-order valence-corrected chi connectivity index (χ1v) is 6.43. The Balaban J connectivity index is 2.35. The molecule has 16 heavy (non-hydrogen) atoms. The van der Waals surface area contributed by atoms with Gasteiger partial charge < -0.3 is 0 Å². The van der Waals surface area contributed by atoms with E-state index >= 15 is 0 Å². The Morgan fingerprint density at radius 1 is 1.31 bits per heavy atom. The SMILES string of the molecule is Cc1cc(C(=O)C2CC2(C)C)c(C)cc1Br. The van der Waals surface area contributed by atoms with E-state index in [4.69, 9.17) is 0 Å². The van der Waals surface area contributed by atoms with Crippen molar-refractivity contribution in [2.24, 2.45) is 11.3 Å². The first-order chi connectivity index (χ1) is 7.33. The number of carbonyl (C=O) groups is 1. The van der Waals surface area contributed by atoms with Gasteiger partial charge in [-0.3, -0.25) is 4.79 Å². The monoisotopic (exact) mass is 280 g/mol. The highest BCUT2D eigenvalue weighted by Gasteiger charge is 2.50. The molecule has 1 unspecified atom stereocenters. The number of rotatable bonds is 2. The van der Waals surface area contributed by atoms with E-state index in [-0.39, 0.29) is 11.3 Å². The summed E-state index contributed by atoms with van der Waals surface area (Å²) >= 11 is 3.49. The third-order valence-electron chi connectivity index (χ3n) is 3.60. The summed E-state index contributed by atoms with van der Waals surface area (Å²) in [6.45, 7) is 8.36. The van der Waals surface area contributed by atoms with Crippen molar-refractivity contribution in [3.63, 3.8) is 0 Å². The molecule has 1 aromatic carbocycles. The van der Waals surface area contributed by atoms with Gasteiger partial charge in [0.25, 0.3) is 0 Å². The fourth-order valence-corrected chi connectivity index (χ4v) is 2.61. The van der Waals surface area contributed by atoms with E-state index < -0.39 is 0 Å². The summed E-state index contributed by atoms with van der Waals surface area (Å²) in [5.41, 5.74) is 3.32. The number of carbonyl (C=O) groups excluding carboxylic acids is 1. The quantitative estimate of drug-likeness (QED) is 0.739. The predicted octanol–water partition coefficient (Wildman–Crippen LogP) is 4.29. The maximum atomic E-state index is 12.3. The molecule has 0 aliphatic heterocycles. The molecule has 0 bridgehead atoms. The largest absolute Gasteiger partial charge is 0.294 e. The Morgan fingerprint density at radius 2 is 1.88 bits per heavy atom. The highest BCUT2D eigenvalue weighted by molar-refractivity contribution is 9.10. The second-order valence-electron chi connectivity index (χ2n) is 5.53. The third kappa shape index (κ3) is 1.95. The highest BCUT2D eigenvalue weighted by atomic mass is 79.9. The van der Waals surface area contributed by atoms with Crippen molar-refractivity contribution in [1.82, 2.24) is 0 Å². The highest BCUT2D eigenvalue weighted by Crippen LogP contribution is 2.53. The summed E-state index contributed by atoms with van der Waals surface area (Å²) in [5, 5.41) is 0. The lowest BCUT2D eigenvalue weighted by molar-refractivity contribution is 0.0952. The number of ketones is 1. The summed E-state index contributed by atoms with van der Waals surface area (Å²) in [6.07, 6.45) is 1.03. The number of hydrogen-bond acceptors (Lipinski definition) is 1. The molecule has 1 atom stereocenters. The van der Waals surface area contributed by atoms with Crippen LogP contribution in [0.3, 0.4) is 0 Å². The Hall–Kier alpha value is -0.630. The van der Waals surface area contributed by atoms with Gasteiger partial charge in [0.15, 0.2) is 5.78 Å². The normalized spacial score (nSPS) is 21.9. The number of hydrogen-bond donors (Lipinski definition) is 0. The van der Waals surface area contributed by atoms with E-state index in [9.17, 15) is 4.79 Å². The number of halogens is 1. The first kappa shape index (κ1) is 11.8. The van der Waals surface area contributed by atoms with E-state index in [1.165, 1.54) is 0 Å². The van der Waals surface area contributed by atoms with Gasteiger partial charge in [-0.1, -0.05) is 29.8 Å². The van der Waals surface area contributed by atoms with Crippen molar-refractivity contribution in [3.8, 4) is 0 Å². The Bertz CT molecular complexity index is 460. The molecule has 2 rings (SSSR count). The van der Waals surface area contributed by atoms with Gasteiger partial charge in [-0.05, 0) is 48.9 Å². The van der Waals surface area contributed by atoms with Crippen molar-refractivity contribution < 1.29 is 4.79 Å². The summed E-state index contributed by atoms with van der Waals surface area (Å²) in [5.74, 6) is 0.546. The van der Waals surface area contributed by atoms with E-state index in [1.807, 2.05) is 26.0 Å². The Kier molecular flexibility index (Phi) is 2.73. The predicted molar refractivity (Wildman–Crippen MR) is 69.8 cm³/mol. The molecule has 1 aliphatic carbocycles. The summed E-state index contributed by atoms with van der Waals surface area (Å²) in [6, 6.07) is 4.05. The first-order valence-electron chi connectivity index (χ1n) is 5.64. The van der Waals surface area contributed by atoms with Crippen molar-refractivity contribution in [2.45, 2.75) is 34.1 Å². The van der Waals surface area contributed by atoms with Gasteiger partial charge in [0.2, 0.25) is 0 Å². The molecule has 0 amide bonds. The van der Waals surface area contributed by atoms with Crippen LogP contribution in [0.1, 0.15) is 41.8 Å². The van der Waals surface area contributed by atoms with Crippen LogP contribution in [0, 0.1) is 25.2 Å². The van der Waals surface area contributed by atoms with E-state index in [0.29, 0.717) is 5.78 Å². The average molecular weight is 281 g/mol. The number of aryl methyl sites for hydroxylation is 2. The fraction of sp³-hybridized carbons (Fsp3) is 0.500. The average Bonchev–Trinajstić information content (AvgIpc) is 2.80. The number of Topliss-reactive ketones (excluding diaryl/α,β-unsaturated/α-hetero) is 1.